The fraction of sp³-hybridized carbons (Fsp3) is 0.136. The molecule has 0 aliphatic rings. The summed E-state index contributed by atoms with van der Waals surface area (Å²) in [5.74, 6) is 0.210. The van der Waals surface area contributed by atoms with Gasteiger partial charge in [0, 0.05) is 23.1 Å². The Hall–Kier alpha value is -2.80. The second-order valence-corrected chi connectivity index (χ2v) is 7.29. The molecule has 2 aromatic carbocycles. The van der Waals surface area contributed by atoms with E-state index in [2.05, 4.69) is 20.9 Å². The third kappa shape index (κ3) is 4.62. The molecule has 0 bridgehead atoms. The fourth-order valence-electron chi connectivity index (χ4n) is 3.06. The first-order valence-electron chi connectivity index (χ1n) is 8.83. The summed E-state index contributed by atoms with van der Waals surface area (Å²) in [7, 11) is 0. The zero-order valence-corrected chi connectivity index (χ0v) is 17.4. The van der Waals surface area contributed by atoms with Gasteiger partial charge in [0.25, 0.3) is 0 Å². The van der Waals surface area contributed by atoms with E-state index in [9.17, 15) is 13.2 Å². The summed E-state index contributed by atoms with van der Waals surface area (Å²) in [5.41, 5.74) is 8.37. The van der Waals surface area contributed by atoms with Gasteiger partial charge in [0.2, 0.25) is 0 Å². The van der Waals surface area contributed by atoms with E-state index in [1.807, 2.05) is 50.3 Å². The normalized spacial score (nSPS) is 13.0. The molecule has 1 heterocycles. The number of rotatable bonds is 4. The van der Waals surface area contributed by atoms with E-state index in [1.165, 1.54) is 12.1 Å². The number of aromatic nitrogens is 2. The van der Waals surface area contributed by atoms with Crippen LogP contribution in [-0.2, 0) is 6.18 Å². The van der Waals surface area contributed by atoms with Crippen molar-refractivity contribution >= 4 is 21.5 Å². The molecule has 0 aliphatic heterocycles. The Labute approximate surface area is 175 Å². The van der Waals surface area contributed by atoms with Crippen molar-refractivity contribution < 1.29 is 13.2 Å². The van der Waals surface area contributed by atoms with Crippen molar-refractivity contribution in [1.82, 2.24) is 9.55 Å². The standard InChI is InChI=1S/C22H19BrF3N3/c1-3-15(12-14(2)27)16-8-10-17(11-9-16)29-13-20(23)28-21(29)18-6-4-5-7-19(18)22(24,25)26/h3-13H,27H2,1-2H3/b14-12+,15-3+. The van der Waals surface area contributed by atoms with Gasteiger partial charge in [0.05, 0.1) is 5.56 Å². The van der Waals surface area contributed by atoms with Gasteiger partial charge in [-0.25, -0.2) is 4.98 Å². The van der Waals surface area contributed by atoms with Crippen LogP contribution in [-0.4, -0.2) is 9.55 Å². The van der Waals surface area contributed by atoms with Gasteiger partial charge in [-0.2, -0.15) is 13.2 Å². The van der Waals surface area contributed by atoms with Gasteiger partial charge in [-0.15, -0.1) is 0 Å². The SMILES string of the molecule is C/C=C(\C=C(/C)N)c1ccc(-n2cc(Br)nc2-c2ccccc2C(F)(F)F)cc1. The summed E-state index contributed by atoms with van der Waals surface area (Å²) in [6, 6.07) is 12.9. The monoisotopic (exact) mass is 461 g/mol. The fourth-order valence-corrected chi connectivity index (χ4v) is 3.43. The number of nitrogens with two attached hydrogens (primary N) is 1. The van der Waals surface area contributed by atoms with Crippen LogP contribution in [0.4, 0.5) is 13.2 Å². The van der Waals surface area contributed by atoms with Gasteiger partial charge < -0.3 is 5.73 Å². The molecule has 7 heteroatoms. The predicted octanol–water partition coefficient (Wildman–Crippen LogP) is 6.59. The highest BCUT2D eigenvalue weighted by Crippen LogP contribution is 2.37. The molecule has 0 aliphatic carbocycles. The van der Waals surface area contributed by atoms with Gasteiger partial charge in [-0.05, 0) is 65.2 Å². The second-order valence-electron chi connectivity index (χ2n) is 6.48. The highest BCUT2D eigenvalue weighted by molar-refractivity contribution is 9.10. The van der Waals surface area contributed by atoms with Gasteiger partial charge >= 0.3 is 6.18 Å². The Morgan fingerprint density at radius 2 is 1.76 bits per heavy atom. The van der Waals surface area contributed by atoms with Crippen LogP contribution in [0.2, 0.25) is 0 Å². The molecule has 0 spiro atoms. The summed E-state index contributed by atoms with van der Waals surface area (Å²) >= 11 is 3.28. The molecule has 3 aromatic rings. The van der Waals surface area contributed by atoms with Crippen molar-refractivity contribution in [3.05, 3.63) is 88.3 Å². The largest absolute Gasteiger partial charge is 0.417 e. The summed E-state index contributed by atoms with van der Waals surface area (Å²) in [6.45, 7) is 3.73. The lowest BCUT2D eigenvalue weighted by molar-refractivity contribution is -0.137. The molecule has 0 saturated heterocycles. The lowest BCUT2D eigenvalue weighted by Gasteiger charge is -2.14. The summed E-state index contributed by atoms with van der Waals surface area (Å²) in [5, 5.41) is 0. The van der Waals surface area contributed by atoms with Crippen LogP contribution in [0.1, 0.15) is 25.0 Å². The van der Waals surface area contributed by atoms with Crippen molar-refractivity contribution in [2.75, 3.05) is 0 Å². The maximum Gasteiger partial charge on any atom is 0.417 e. The minimum absolute atomic E-state index is 0.0191. The molecule has 1 aromatic heterocycles. The highest BCUT2D eigenvalue weighted by atomic mass is 79.9. The smallest absolute Gasteiger partial charge is 0.402 e. The number of hydrogen-bond donors (Lipinski definition) is 1. The molecule has 0 fully saturated rings. The van der Waals surface area contributed by atoms with E-state index in [4.69, 9.17) is 5.73 Å². The van der Waals surface area contributed by atoms with E-state index < -0.39 is 11.7 Å². The molecule has 29 heavy (non-hydrogen) atoms. The highest BCUT2D eigenvalue weighted by Gasteiger charge is 2.34. The van der Waals surface area contributed by atoms with E-state index >= 15 is 0 Å². The molecule has 3 nitrogen and oxygen atoms in total. The zero-order chi connectivity index (χ0) is 21.2. The number of allylic oxidation sites excluding steroid dienone is 4. The summed E-state index contributed by atoms with van der Waals surface area (Å²) < 4.78 is 42.6. The van der Waals surface area contributed by atoms with Crippen molar-refractivity contribution in [1.29, 1.82) is 0 Å². The average molecular weight is 462 g/mol. The van der Waals surface area contributed by atoms with Crippen LogP contribution in [0.15, 0.2) is 77.2 Å². The summed E-state index contributed by atoms with van der Waals surface area (Å²) in [6.07, 6.45) is 0.993. The number of alkyl halides is 3. The van der Waals surface area contributed by atoms with Crippen LogP contribution in [0.5, 0.6) is 0 Å². The van der Waals surface area contributed by atoms with E-state index in [-0.39, 0.29) is 11.4 Å². The number of benzene rings is 2. The van der Waals surface area contributed by atoms with Crippen molar-refractivity contribution in [2.24, 2.45) is 5.73 Å². The van der Waals surface area contributed by atoms with Crippen LogP contribution < -0.4 is 5.73 Å². The molecule has 2 N–H and O–H groups in total. The maximum atomic E-state index is 13.5. The molecule has 0 unspecified atom stereocenters. The lowest BCUT2D eigenvalue weighted by atomic mass is 10.0. The molecule has 150 valence electrons. The van der Waals surface area contributed by atoms with E-state index in [1.54, 1.807) is 16.8 Å². The predicted molar refractivity (Wildman–Crippen MR) is 113 cm³/mol. The van der Waals surface area contributed by atoms with E-state index in [0.29, 0.717) is 16.0 Å². The average Bonchev–Trinajstić information content (AvgIpc) is 3.07. The molecule has 0 atom stereocenters. The van der Waals surface area contributed by atoms with Crippen molar-refractivity contribution in [3.63, 3.8) is 0 Å². The van der Waals surface area contributed by atoms with Crippen LogP contribution in [0.3, 0.4) is 0 Å². The molecule has 3 rings (SSSR count). The maximum absolute atomic E-state index is 13.5. The third-order valence-corrected chi connectivity index (χ3v) is 4.70. The van der Waals surface area contributed by atoms with Gasteiger partial charge in [0.1, 0.15) is 10.4 Å². The number of hydrogen-bond acceptors (Lipinski definition) is 2. The van der Waals surface area contributed by atoms with Gasteiger partial charge in [-0.3, -0.25) is 4.57 Å². The minimum Gasteiger partial charge on any atom is -0.402 e. The van der Waals surface area contributed by atoms with Crippen LogP contribution >= 0.6 is 15.9 Å². The topological polar surface area (TPSA) is 43.8 Å². The van der Waals surface area contributed by atoms with E-state index in [0.717, 1.165) is 17.2 Å². The molecule has 0 radical (unpaired) electrons. The Kier molecular flexibility index (Phi) is 5.98. The van der Waals surface area contributed by atoms with Gasteiger partial charge in [0.15, 0.2) is 0 Å². The third-order valence-electron chi connectivity index (χ3n) is 4.32. The molecule has 0 saturated carbocycles. The molecular formula is C22H19BrF3N3. The number of imidazole rings is 1. The number of halogens is 4. The Morgan fingerprint density at radius 1 is 1.10 bits per heavy atom. The second kappa shape index (κ2) is 8.29. The molecule has 0 amide bonds. The van der Waals surface area contributed by atoms with Crippen LogP contribution in [0.25, 0.3) is 22.6 Å². The van der Waals surface area contributed by atoms with Crippen molar-refractivity contribution in [3.8, 4) is 17.1 Å². The first-order chi connectivity index (χ1) is 13.7. The zero-order valence-electron chi connectivity index (χ0n) is 15.8. The van der Waals surface area contributed by atoms with Gasteiger partial charge in [-0.1, -0.05) is 36.4 Å². The quantitative estimate of drug-likeness (QED) is 0.445. The lowest BCUT2D eigenvalue weighted by Crippen LogP contribution is -2.08. The first-order valence-corrected chi connectivity index (χ1v) is 9.62. The number of nitrogens with zero attached hydrogens (tertiary/aromatic N) is 2. The van der Waals surface area contributed by atoms with Crippen LogP contribution in [0, 0.1) is 0 Å². The molecular weight excluding hydrogens is 443 g/mol. The summed E-state index contributed by atoms with van der Waals surface area (Å²) in [4.78, 5) is 4.29. The Bertz CT molecular complexity index is 1070. The Balaban J connectivity index is 2.09. The van der Waals surface area contributed by atoms with Crippen molar-refractivity contribution in [2.45, 2.75) is 20.0 Å². The minimum atomic E-state index is -4.48. The first kappa shape index (κ1) is 20.9. The Morgan fingerprint density at radius 3 is 2.34 bits per heavy atom.